The predicted molar refractivity (Wildman–Crippen MR) is 59.2 cm³/mol. The summed E-state index contributed by atoms with van der Waals surface area (Å²) in [6, 6.07) is 5.46. The van der Waals surface area contributed by atoms with Gasteiger partial charge >= 0.3 is 5.97 Å². The van der Waals surface area contributed by atoms with Gasteiger partial charge in [0.2, 0.25) is 0 Å². The summed E-state index contributed by atoms with van der Waals surface area (Å²) in [4.78, 5) is 16.1. The van der Waals surface area contributed by atoms with E-state index in [0.717, 1.165) is 16.0 Å². The van der Waals surface area contributed by atoms with Crippen molar-refractivity contribution in [2.24, 2.45) is 0 Å². The molecule has 0 saturated heterocycles. The molecule has 0 aliphatic rings. The van der Waals surface area contributed by atoms with E-state index in [0.29, 0.717) is 4.88 Å². The highest BCUT2D eigenvalue weighted by Crippen LogP contribution is 2.31. The van der Waals surface area contributed by atoms with Crippen molar-refractivity contribution in [2.75, 3.05) is 0 Å². The van der Waals surface area contributed by atoms with Gasteiger partial charge in [0.05, 0.1) is 0 Å². The Morgan fingerprint density at radius 3 is 2.87 bits per heavy atom. The number of aryl methyl sites for hydroxylation is 1. The molecule has 3 nitrogen and oxygen atoms in total. The summed E-state index contributed by atoms with van der Waals surface area (Å²) in [7, 11) is 0. The van der Waals surface area contributed by atoms with Gasteiger partial charge in [0, 0.05) is 22.8 Å². The number of thiophene rings is 1. The number of carboxylic acids is 1. The Morgan fingerprint density at radius 1 is 1.53 bits per heavy atom. The van der Waals surface area contributed by atoms with Crippen molar-refractivity contribution in [1.29, 1.82) is 0 Å². The van der Waals surface area contributed by atoms with Crippen LogP contribution in [0.3, 0.4) is 0 Å². The van der Waals surface area contributed by atoms with Crippen molar-refractivity contribution in [1.82, 2.24) is 4.98 Å². The topological polar surface area (TPSA) is 50.2 Å². The van der Waals surface area contributed by atoms with Crippen LogP contribution in [0.15, 0.2) is 30.6 Å². The molecule has 0 spiro atoms. The van der Waals surface area contributed by atoms with E-state index in [1.165, 1.54) is 11.3 Å². The monoisotopic (exact) mass is 219 g/mol. The Labute approximate surface area is 91.0 Å². The van der Waals surface area contributed by atoms with Crippen molar-refractivity contribution in [3.05, 3.63) is 41.0 Å². The molecular formula is C11H9NO2S. The minimum Gasteiger partial charge on any atom is -0.477 e. The number of carbonyl (C=O) groups is 1. The van der Waals surface area contributed by atoms with Gasteiger partial charge in [-0.3, -0.25) is 4.98 Å². The molecule has 15 heavy (non-hydrogen) atoms. The highest BCUT2D eigenvalue weighted by Gasteiger charge is 2.12. The van der Waals surface area contributed by atoms with Crippen LogP contribution < -0.4 is 0 Å². The normalized spacial score (nSPS) is 10.2. The van der Waals surface area contributed by atoms with Gasteiger partial charge in [-0.15, -0.1) is 11.3 Å². The van der Waals surface area contributed by atoms with Gasteiger partial charge in [0.15, 0.2) is 0 Å². The predicted octanol–water partition coefficient (Wildman–Crippen LogP) is 2.82. The molecular weight excluding hydrogens is 210 g/mol. The quantitative estimate of drug-likeness (QED) is 0.844. The summed E-state index contributed by atoms with van der Waals surface area (Å²) < 4.78 is 0. The van der Waals surface area contributed by atoms with E-state index in [1.807, 2.05) is 19.1 Å². The molecule has 1 N–H and O–H groups in total. The van der Waals surface area contributed by atoms with Crippen molar-refractivity contribution in [3.63, 3.8) is 0 Å². The van der Waals surface area contributed by atoms with E-state index in [4.69, 9.17) is 5.11 Å². The molecule has 76 valence electrons. The van der Waals surface area contributed by atoms with Crippen LogP contribution in [0.2, 0.25) is 0 Å². The van der Waals surface area contributed by atoms with Crippen LogP contribution in [0.5, 0.6) is 0 Å². The molecule has 2 aromatic rings. The molecule has 0 aliphatic heterocycles. The molecule has 2 aromatic heterocycles. The molecule has 0 fully saturated rings. The fourth-order valence-electron chi connectivity index (χ4n) is 1.37. The van der Waals surface area contributed by atoms with Crippen LogP contribution in [-0.4, -0.2) is 16.1 Å². The summed E-state index contributed by atoms with van der Waals surface area (Å²) in [6.45, 7) is 1.91. The van der Waals surface area contributed by atoms with Gasteiger partial charge in [-0.25, -0.2) is 4.79 Å². The van der Waals surface area contributed by atoms with Gasteiger partial charge < -0.3 is 5.11 Å². The number of hydrogen-bond donors (Lipinski definition) is 1. The highest BCUT2D eigenvalue weighted by molar-refractivity contribution is 7.17. The van der Waals surface area contributed by atoms with Crippen molar-refractivity contribution < 1.29 is 9.90 Å². The van der Waals surface area contributed by atoms with Crippen LogP contribution >= 0.6 is 11.3 Å². The van der Waals surface area contributed by atoms with Crippen LogP contribution in [-0.2, 0) is 0 Å². The third-order valence-corrected chi connectivity index (χ3v) is 3.33. The average Bonchev–Trinajstić information content (AvgIpc) is 2.62. The number of nitrogens with zero attached hydrogens (tertiary/aromatic N) is 1. The molecule has 2 heterocycles. The van der Waals surface area contributed by atoms with Gasteiger partial charge in [-0.05, 0) is 24.6 Å². The fraction of sp³-hybridized carbons (Fsp3) is 0.0909. The summed E-state index contributed by atoms with van der Waals surface area (Å²) in [6.07, 6.45) is 3.44. The first-order chi connectivity index (χ1) is 7.18. The lowest BCUT2D eigenvalue weighted by Gasteiger charge is -1.96. The lowest BCUT2D eigenvalue weighted by atomic mass is 10.1. The smallest absolute Gasteiger partial charge is 0.345 e. The maximum Gasteiger partial charge on any atom is 0.345 e. The summed E-state index contributed by atoms with van der Waals surface area (Å²) in [5, 5.41) is 8.86. The second-order valence-electron chi connectivity index (χ2n) is 3.17. The summed E-state index contributed by atoms with van der Waals surface area (Å²) >= 11 is 1.28. The molecule has 0 unspecified atom stereocenters. The zero-order chi connectivity index (χ0) is 10.8. The zero-order valence-corrected chi connectivity index (χ0v) is 8.91. The molecule has 0 atom stereocenters. The average molecular weight is 219 g/mol. The van der Waals surface area contributed by atoms with Crippen LogP contribution in [0.4, 0.5) is 0 Å². The van der Waals surface area contributed by atoms with E-state index in [9.17, 15) is 4.79 Å². The Morgan fingerprint density at radius 2 is 2.33 bits per heavy atom. The van der Waals surface area contributed by atoms with Gasteiger partial charge in [-0.1, -0.05) is 6.07 Å². The lowest BCUT2D eigenvalue weighted by molar-refractivity contribution is 0.0702. The van der Waals surface area contributed by atoms with Crippen LogP contribution in [0, 0.1) is 6.92 Å². The Hall–Kier alpha value is -1.68. The van der Waals surface area contributed by atoms with Crippen LogP contribution in [0.25, 0.3) is 10.4 Å². The molecule has 0 radical (unpaired) electrons. The van der Waals surface area contributed by atoms with Crippen molar-refractivity contribution in [3.8, 4) is 10.4 Å². The minimum absolute atomic E-state index is 0.367. The SMILES string of the molecule is Cc1cc(C(=O)O)sc1-c1cccnc1. The Kier molecular flexibility index (Phi) is 2.51. The van der Waals surface area contributed by atoms with E-state index in [2.05, 4.69) is 4.98 Å². The molecule has 0 aromatic carbocycles. The second kappa shape index (κ2) is 3.82. The fourth-order valence-corrected chi connectivity index (χ4v) is 2.37. The lowest BCUT2D eigenvalue weighted by Crippen LogP contribution is -1.89. The van der Waals surface area contributed by atoms with E-state index >= 15 is 0 Å². The maximum atomic E-state index is 10.8. The number of pyridine rings is 1. The van der Waals surface area contributed by atoms with E-state index < -0.39 is 5.97 Å². The first-order valence-corrected chi connectivity index (χ1v) is 5.24. The number of aromatic carboxylic acids is 1. The number of hydrogen-bond acceptors (Lipinski definition) is 3. The molecule has 0 amide bonds. The summed E-state index contributed by atoms with van der Waals surface area (Å²) in [5.41, 5.74) is 1.94. The Bertz CT molecular complexity index is 491. The molecule has 0 aliphatic carbocycles. The molecule has 4 heteroatoms. The minimum atomic E-state index is -0.877. The first kappa shape index (κ1) is 9.86. The third-order valence-electron chi connectivity index (χ3n) is 2.05. The van der Waals surface area contributed by atoms with Crippen molar-refractivity contribution in [2.45, 2.75) is 6.92 Å². The van der Waals surface area contributed by atoms with Gasteiger partial charge in [0.25, 0.3) is 0 Å². The second-order valence-corrected chi connectivity index (χ2v) is 4.22. The molecule has 2 rings (SSSR count). The molecule has 0 saturated carbocycles. The summed E-state index contributed by atoms with van der Waals surface area (Å²) in [5.74, 6) is -0.877. The van der Waals surface area contributed by atoms with Crippen LogP contribution in [0.1, 0.15) is 15.2 Å². The zero-order valence-electron chi connectivity index (χ0n) is 8.10. The van der Waals surface area contributed by atoms with E-state index in [1.54, 1.807) is 18.5 Å². The number of carboxylic acid groups (broad SMARTS) is 1. The largest absolute Gasteiger partial charge is 0.477 e. The standard InChI is InChI=1S/C11H9NO2S/c1-7-5-9(11(13)14)15-10(7)8-3-2-4-12-6-8/h2-6H,1H3,(H,13,14). The molecule has 0 bridgehead atoms. The highest BCUT2D eigenvalue weighted by atomic mass is 32.1. The third kappa shape index (κ3) is 1.89. The first-order valence-electron chi connectivity index (χ1n) is 4.42. The maximum absolute atomic E-state index is 10.8. The van der Waals surface area contributed by atoms with E-state index in [-0.39, 0.29) is 0 Å². The van der Waals surface area contributed by atoms with Gasteiger partial charge in [-0.2, -0.15) is 0 Å². The number of aromatic nitrogens is 1. The number of rotatable bonds is 2. The van der Waals surface area contributed by atoms with Crippen molar-refractivity contribution >= 4 is 17.3 Å². The van der Waals surface area contributed by atoms with Gasteiger partial charge in [0.1, 0.15) is 4.88 Å². The Balaban J connectivity index is 2.50.